The van der Waals surface area contributed by atoms with Gasteiger partial charge in [0.2, 0.25) is 26.2 Å². The van der Waals surface area contributed by atoms with Gasteiger partial charge in [-0.25, -0.2) is 21.6 Å². The molecule has 0 spiro atoms. The van der Waals surface area contributed by atoms with Gasteiger partial charge in [0.15, 0.2) is 0 Å². The molecule has 2 fully saturated rings. The molecular formula is C25H31N3O7S2. The van der Waals surface area contributed by atoms with Gasteiger partial charge in [-0.05, 0) is 36.6 Å². The van der Waals surface area contributed by atoms with Crippen LogP contribution in [0.15, 0.2) is 71.5 Å². The molecule has 4 rings (SSSR count). The van der Waals surface area contributed by atoms with Crippen molar-refractivity contribution in [3.05, 3.63) is 72.1 Å². The Kier molecular flexibility index (Phi) is 8.65. The molecular weight excluding hydrogens is 518 g/mol. The number of hydrogen-bond acceptors (Lipinski definition) is 7. The topological polar surface area (TPSA) is 122 Å². The second-order valence-corrected chi connectivity index (χ2v) is 12.5. The number of sulfonamides is 2. The lowest BCUT2D eigenvalue weighted by molar-refractivity contribution is -0.143. The first-order valence-corrected chi connectivity index (χ1v) is 15.0. The minimum Gasteiger partial charge on any atom is -0.476 e. The van der Waals surface area contributed by atoms with E-state index in [2.05, 4.69) is 11.3 Å². The number of amides is 1. The lowest BCUT2D eigenvalue weighted by atomic mass is 10.1. The number of carbonyl (C=O) groups excluding carboxylic acids is 1. The number of ether oxygens (including phenoxy) is 2. The standard InChI is InChI=1S/C25H31N3O7S2/c1-2-36(30,31)26-18-20-12-13-28(19-20)37(32,33)23-10-8-21(9-11-23)24(35-22-6-4-3-5-7-22)25(29)27-14-16-34-17-15-27/h2-11,20,24,26H,1,12-19H2. The van der Waals surface area contributed by atoms with Gasteiger partial charge in [0, 0.05) is 43.7 Å². The summed E-state index contributed by atoms with van der Waals surface area (Å²) < 4.78 is 64.9. The molecule has 2 saturated heterocycles. The zero-order valence-corrected chi connectivity index (χ0v) is 22.0. The highest BCUT2D eigenvalue weighted by molar-refractivity contribution is 7.92. The number of benzene rings is 2. The fourth-order valence-corrected chi connectivity index (χ4v) is 6.40. The highest BCUT2D eigenvalue weighted by atomic mass is 32.2. The normalized spacial score (nSPS) is 19.9. The van der Waals surface area contributed by atoms with Crippen LogP contribution >= 0.6 is 0 Å². The average Bonchev–Trinajstić information content (AvgIpc) is 3.42. The highest BCUT2D eigenvalue weighted by Crippen LogP contribution is 2.28. The highest BCUT2D eigenvalue weighted by Gasteiger charge is 2.34. The van der Waals surface area contributed by atoms with E-state index in [4.69, 9.17) is 9.47 Å². The Morgan fingerprint density at radius 1 is 1.05 bits per heavy atom. The van der Waals surface area contributed by atoms with Gasteiger partial charge in [0.25, 0.3) is 5.91 Å². The minimum absolute atomic E-state index is 0.0980. The van der Waals surface area contributed by atoms with Crippen molar-refractivity contribution in [2.75, 3.05) is 45.9 Å². The smallest absolute Gasteiger partial charge is 0.268 e. The van der Waals surface area contributed by atoms with Crippen LogP contribution in [0.1, 0.15) is 18.1 Å². The van der Waals surface area contributed by atoms with Crippen molar-refractivity contribution in [2.24, 2.45) is 5.92 Å². The first kappa shape index (κ1) is 27.3. The van der Waals surface area contributed by atoms with Crippen LogP contribution in [0.25, 0.3) is 0 Å². The quantitative estimate of drug-likeness (QED) is 0.479. The summed E-state index contributed by atoms with van der Waals surface area (Å²) in [6.07, 6.45) is -0.399. The van der Waals surface area contributed by atoms with Gasteiger partial charge in [-0.15, -0.1) is 0 Å². The molecule has 2 atom stereocenters. The summed E-state index contributed by atoms with van der Waals surface area (Å²) in [6.45, 7) is 5.71. The van der Waals surface area contributed by atoms with E-state index in [1.165, 1.54) is 16.4 Å². The number of hydrogen-bond donors (Lipinski definition) is 1. The zero-order valence-electron chi connectivity index (χ0n) is 20.4. The molecule has 37 heavy (non-hydrogen) atoms. The molecule has 2 aromatic carbocycles. The number of nitrogens with zero attached hydrogens (tertiary/aromatic N) is 2. The predicted molar refractivity (Wildman–Crippen MR) is 138 cm³/mol. The van der Waals surface area contributed by atoms with Gasteiger partial charge in [0.1, 0.15) is 5.75 Å². The lowest BCUT2D eigenvalue weighted by Gasteiger charge is -2.30. The number of rotatable bonds is 10. The van der Waals surface area contributed by atoms with Crippen LogP contribution in [-0.2, 0) is 29.6 Å². The van der Waals surface area contributed by atoms with Crippen LogP contribution in [0.4, 0.5) is 0 Å². The Hall–Kier alpha value is -2.77. The molecule has 200 valence electrons. The maximum Gasteiger partial charge on any atom is 0.268 e. The number of carbonyl (C=O) groups is 1. The third kappa shape index (κ3) is 6.76. The summed E-state index contributed by atoms with van der Waals surface area (Å²) in [5.74, 6) is 0.173. The van der Waals surface area contributed by atoms with Gasteiger partial charge in [-0.3, -0.25) is 4.79 Å². The second-order valence-electron chi connectivity index (χ2n) is 8.90. The minimum atomic E-state index is -3.79. The number of morpholine rings is 1. The summed E-state index contributed by atoms with van der Waals surface area (Å²) in [4.78, 5) is 15.1. The Morgan fingerprint density at radius 2 is 1.73 bits per heavy atom. The molecule has 1 amide bonds. The van der Waals surface area contributed by atoms with Gasteiger partial charge >= 0.3 is 0 Å². The molecule has 2 aliphatic rings. The van der Waals surface area contributed by atoms with Gasteiger partial charge in [-0.1, -0.05) is 36.9 Å². The molecule has 12 heteroatoms. The SMILES string of the molecule is C=CS(=O)(=O)NCC1CCN(S(=O)(=O)c2ccc(C(Oc3ccccc3)C(=O)N3CCOCC3)cc2)C1. The van der Waals surface area contributed by atoms with Gasteiger partial charge < -0.3 is 14.4 Å². The van der Waals surface area contributed by atoms with E-state index in [9.17, 15) is 21.6 Å². The van der Waals surface area contributed by atoms with Crippen molar-refractivity contribution in [1.29, 1.82) is 0 Å². The monoisotopic (exact) mass is 549 g/mol. The van der Waals surface area contributed by atoms with E-state index in [1.54, 1.807) is 29.2 Å². The fraction of sp³-hybridized carbons (Fsp3) is 0.400. The summed E-state index contributed by atoms with van der Waals surface area (Å²) in [6, 6.07) is 15.2. The van der Waals surface area contributed by atoms with E-state index < -0.39 is 26.2 Å². The molecule has 2 aromatic rings. The van der Waals surface area contributed by atoms with Crippen molar-refractivity contribution in [2.45, 2.75) is 17.4 Å². The molecule has 1 N–H and O–H groups in total. The molecule has 0 bridgehead atoms. The van der Waals surface area contributed by atoms with Crippen molar-refractivity contribution < 1.29 is 31.1 Å². The lowest BCUT2D eigenvalue weighted by Crippen LogP contribution is -2.44. The van der Waals surface area contributed by atoms with Crippen molar-refractivity contribution in [3.63, 3.8) is 0 Å². The summed E-state index contributed by atoms with van der Waals surface area (Å²) in [5.41, 5.74) is 0.539. The molecule has 2 unspecified atom stereocenters. The van der Waals surface area contributed by atoms with E-state index in [0.717, 1.165) is 5.41 Å². The Morgan fingerprint density at radius 3 is 2.38 bits per heavy atom. The Bertz CT molecular complexity index is 1290. The maximum absolute atomic E-state index is 13.3. The van der Waals surface area contributed by atoms with E-state index in [1.807, 2.05) is 18.2 Å². The van der Waals surface area contributed by atoms with Crippen molar-refractivity contribution >= 4 is 26.0 Å². The fourth-order valence-electron chi connectivity index (χ4n) is 4.28. The Labute approximate surface area is 218 Å². The average molecular weight is 550 g/mol. The largest absolute Gasteiger partial charge is 0.476 e. The van der Waals surface area contributed by atoms with E-state index in [-0.39, 0.29) is 29.8 Å². The summed E-state index contributed by atoms with van der Waals surface area (Å²) in [5, 5.41) is 0.830. The third-order valence-corrected chi connectivity index (χ3v) is 9.29. The molecule has 0 radical (unpaired) electrons. The van der Waals surface area contributed by atoms with Gasteiger partial charge in [0.05, 0.1) is 18.1 Å². The molecule has 0 aromatic heterocycles. The van der Waals surface area contributed by atoms with Crippen LogP contribution in [-0.4, -0.2) is 77.9 Å². The van der Waals surface area contributed by atoms with Crippen molar-refractivity contribution in [1.82, 2.24) is 13.9 Å². The number of nitrogens with one attached hydrogen (secondary N) is 1. The molecule has 0 aliphatic carbocycles. The number of para-hydroxylation sites is 1. The van der Waals surface area contributed by atoms with Crippen LogP contribution < -0.4 is 9.46 Å². The first-order valence-electron chi connectivity index (χ1n) is 12.0. The zero-order chi connectivity index (χ0) is 26.5. The third-order valence-electron chi connectivity index (χ3n) is 6.41. The Balaban J connectivity index is 1.49. The molecule has 0 saturated carbocycles. The summed E-state index contributed by atoms with van der Waals surface area (Å²) in [7, 11) is -7.36. The van der Waals surface area contributed by atoms with Crippen LogP contribution in [0.2, 0.25) is 0 Å². The maximum atomic E-state index is 13.3. The predicted octanol–water partition coefficient (Wildman–Crippen LogP) is 1.74. The first-order chi connectivity index (χ1) is 17.7. The molecule has 10 nitrogen and oxygen atoms in total. The van der Waals surface area contributed by atoms with Gasteiger partial charge in [-0.2, -0.15) is 4.31 Å². The summed E-state index contributed by atoms with van der Waals surface area (Å²) >= 11 is 0. The molecule has 2 aliphatic heterocycles. The van der Waals surface area contributed by atoms with Crippen LogP contribution in [0.3, 0.4) is 0 Å². The van der Waals surface area contributed by atoms with E-state index in [0.29, 0.717) is 50.6 Å². The van der Waals surface area contributed by atoms with Crippen molar-refractivity contribution in [3.8, 4) is 5.75 Å². The second kappa shape index (κ2) is 11.7. The van der Waals surface area contributed by atoms with E-state index >= 15 is 0 Å². The van der Waals surface area contributed by atoms with Crippen LogP contribution in [0.5, 0.6) is 5.75 Å². The molecule has 2 heterocycles. The van der Waals surface area contributed by atoms with Crippen LogP contribution in [0, 0.1) is 5.92 Å².